The highest BCUT2D eigenvalue weighted by atomic mass is 79.9. The van der Waals surface area contributed by atoms with Crippen LogP contribution in [-0.2, 0) is 11.2 Å². The Kier molecular flexibility index (Phi) is 4.19. The lowest BCUT2D eigenvalue weighted by molar-refractivity contribution is -0.139. The van der Waals surface area contributed by atoms with Crippen LogP contribution in [0.1, 0.15) is 29.3 Å². The maximum absolute atomic E-state index is 11.3. The molecule has 7 heteroatoms. The number of carbonyl (C=O) groups is 1. The molecular weight excluding hydrogens is 376 g/mol. The van der Waals surface area contributed by atoms with Crippen molar-refractivity contribution < 1.29 is 9.90 Å². The van der Waals surface area contributed by atoms with Crippen LogP contribution in [0.15, 0.2) is 22.7 Å². The fourth-order valence-electron chi connectivity index (χ4n) is 2.42. The molecule has 0 saturated carbocycles. The molecule has 0 radical (unpaired) electrons. The zero-order valence-corrected chi connectivity index (χ0v) is 14.1. The number of hydrogen-bond acceptors (Lipinski definition) is 4. The Morgan fingerprint density at radius 2 is 2.33 bits per heavy atom. The highest BCUT2D eigenvalue weighted by Gasteiger charge is 2.30. The van der Waals surface area contributed by atoms with Gasteiger partial charge < -0.3 is 10.4 Å². The minimum Gasteiger partial charge on any atom is -0.481 e. The zero-order chi connectivity index (χ0) is 15.0. The number of anilines is 2. The number of thiazole rings is 1. The van der Waals surface area contributed by atoms with Gasteiger partial charge in [0.2, 0.25) is 0 Å². The van der Waals surface area contributed by atoms with Crippen LogP contribution in [-0.4, -0.2) is 16.1 Å². The Bertz CT molecular complexity index is 704. The Hall–Kier alpha value is -1.11. The molecule has 1 aliphatic rings. The van der Waals surface area contributed by atoms with E-state index in [2.05, 4.69) is 26.2 Å². The number of nitrogens with zero attached hydrogens (tertiary/aromatic N) is 1. The first-order chi connectivity index (χ1) is 10.0. The van der Waals surface area contributed by atoms with Gasteiger partial charge in [0, 0.05) is 9.35 Å². The lowest BCUT2D eigenvalue weighted by Gasteiger charge is -2.16. The van der Waals surface area contributed by atoms with E-state index in [4.69, 9.17) is 11.6 Å². The van der Waals surface area contributed by atoms with Crippen LogP contribution in [0.5, 0.6) is 0 Å². The Morgan fingerprint density at radius 1 is 1.52 bits per heavy atom. The van der Waals surface area contributed by atoms with E-state index >= 15 is 0 Å². The summed E-state index contributed by atoms with van der Waals surface area (Å²) < 4.78 is 0.916. The highest BCUT2D eigenvalue weighted by Crippen LogP contribution is 2.38. The van der Waals surface area contributed by atoms with Crippen LogP contribution in [0, 0.1) is 0 Å². The minimum absolute atomic E-state index is 0.487. The van der Waals surface area contributed by atoms with E-state index < -0.39 is 11.9 Å². The van der Waals surface area contributed by atoms with Crippen molar-refractivity contribution in [3.63, 3.8) is 0 Å². The van der Waals surface area contributed by atoms with E-state index in [9.17, 15) is 9.90 Å². The highest BCUT2D eigenvalue weighted by molar-refractivity contribution is 9.10. The standard InChI is InChI=1S/C14H12BrClN2O2S/c15-7-4-5-9(16)10(6-7)17-14-18-12-8(13(19)20)2-1-3-11(12)21-14/h4-6,8H,1-3H2,(H,17,18)(H,19,20). The van der Waals surface area contributed by atoms with Gasteiger partial charge in [-0.25, -0.2) is 4.98 Å². The number of benzene rings is 1. The van der Waals surface area contributed by atoms with Crippen molar-refractivity contribution in [3.05, 3.63) is 38.3 Å². The molecule has 1 aromatic carbocycles. The molecule has 1 unspecified atom stereocenters. The van der Waals surface area contributed by atoms with Crippen LogP contribution in [0.25, 0.3) is 0 Å². The SMILES string of the molecule is O=C(O)C1CCCc2sc(Nc3cc(Br)ccc3Cl)nc21. The summed E-state index contributed by atoms with van der Waals surface area (Å²) in [5.74, 6) is -1.29. The molecular formula is C14H12BrClN2O2S. The van der Waals surface area contributed by atoms with Gasteiger partial charge in [0.1, 0.15) is 5.92 Å². The van der Waals surface area contributed by atoms with Crippen LogP contribution in [0.4, 0.5) is 10.8 Å². The van der Waals surface area contributed by atoms with Crippen molar-refractivity contribution >= 4 is 55.7 Å². The molecule has 2 N–H and O–H groups in total. The quantitative estimate of drug-likeness (QED) is 0.793. The number of aromatic nitrogens is 1. The lowest BCUT2D eigenvalue weighted by Crippen LogP contribution is -2.17. The van der Waals surface area contributed by atoms with Crippen LogP contribution in [0.2, 0.25) is 5.02 Å². The van der Waals surface area contributed by atoms with E-state index in [1.165, 1.54) is 11.3 Å². The first-order valence-corrected chi connectivity index (χ1v) is 8.48. The molecule has 0 aliphatic heterocycles. The van der Waals surface area contributed by atoms with E-state index in [0.29, 0.717) is 22.3 Å². The molecule has 1 heterocycles. The summed E-state index contributed by atoms with van der Waals surface area (Å²) in [6.45, 7) is 0. The average Bonchev–Trinajstić information content (AvgIpc) is 2.84. The molecule has 0 spiro atoms. The summed E-state index contributed by atoms with van der Waals surface area (Å²) >= 11 is 11.1. The van der Waals surface area contributed by atoms with Crippen molar-refractivity contribution in [3.8, 4) is 0 Å². The second-order valence-electron chi connectivity index (χ2n) is 4.86. The summed E-state index contributed by atoms with van der Waals surface area (Å²) in [6.07, 6.45) is 2.44. The molecule has 0 bridgehead atoms. The summed E-state index contributed by atoms with van der Waals surface area (Å²) in [6, 6.07) is 5.53. The maximum Gasteiger partial charge on any atom is 0.312 e. The third kappa shape index (κ3) is 3.07. The number of aryl methyl sites for hydroxylation is 1. The molecule has 0 saturated heterocycles. The first kappa shape index (κ1) is 14.8. The summed E-state index contributed by atoms with van der Waals surface area (Å²) in [5.41, 5.74) is 1.45. The number of carboxylic acids is 1. The number of halogens is 2. The molecule has 1 atom stereocenters. The predicted molar refractivity (Wildman–Crippen MR) is 87.9 cm³/mol. The summed E-state index contributed by atoms with van der Waals surface area (Å²) in [5, 5.41) is 13.8. The molecule has 2 aromatic rings. The summed E-state index contributed by atoms with van der Waals surface area (Å²) in [7, 11) is 0. The Morgan fingerprint density at radius 3 is 3.10 bits per heavy atom. The summed E-state index contributed by atoms with van der Waals surface area (Å²) in [4.78, 5) is 16.8. The van der Waals surface area contributed by atoms with E-state index in [-0.39, 0.29) is 0 Å². The number of rotatable bonds is 3. The van der Waals surface area contributed by atoms with Crippen molar-refractivity contribution in [2.24, 2.45) is 0 Å². The van der Waals surface area contributed by atoms with Crippen molar-refractivity contribution in [1.82, 2.24) is 4.98 Å². The fraction of sp³-hybridized carbons (Fsp3) is 0.286. The number of hydrogen-bond donors (Lipinski definition) is 2. The van der Waals surface area contributed by atoms with Crippen molar-refractivity contribution in [1.29, 1.82) is 0 Å². The van der Waals surface area contributed by atoms with Crippen LogP contribution in [0.3, 0.4) is 0 Å². The number of fused-ring (bicyclic) bond motifs is 1. The van der Waals surface area contributed by atoms with Gasteiger partial charge in [0.15, 0.2) is 5.13 Å². The smallest absolute Gasteiger partial charge is 0.312 e. The van der Waals surface area contributed by atoms with E-state index in [1.54, 1.807) is 6.07 Å². The van der Waals surface area contributed by atoms with Gasteiger partial charge in [-0.15, -0.1) is 11.3 Å². The van der Waals surface area contributed by atoms with Crippen molar-refractivity contribution in [2.75, 3.05) is 5.32 Å². The molecule has 0 amide bonds. The third-order valence-corrected chi connectivity index (χ3v) is 5.29. The molecule has 4 nitrogen and oxygen atoms in total. The second-order valence-corrected chi connectivity index (χ2v) is 7.27. The van der Waals surface area contributed by atoms with E-state index in [0.717, 1.165) is 27.9 Å². The number of nitrogens with one attached hydrogen (secondary N) is 1. The van der Waals surface area contributed by atoms with Gasteiger partial charge in [-0.3, -0.25) is 4.79 Å². The molecule has 1 aromatic heterocycles. The van der Waals surface area contributed by atoms with Gasteiger partial charge >= 0.3 is 5.97 Å². The molecule has 110 valence electrons. The Balaban J connectivity index is 1.91. The van der Waals surface area contributed by atoms with Gasteiger partial charge in [0.25, 0.3) is 0 Å². The van der Waals surface area contributed by atoms with Gasteiger partial charge in [-0.1, -0.05) is 27.5 Å². The van der Waals surface area contributed by atoms with Crippen LogP contribution < -0.4 is 5.32 Å². The second kappa shape index (κ2) is 5.94. The first-order valence-electron chi connectivity index (χ1n) is 6.49. The molecule has 1 aliphatic carbocycles. The van der Waals surface area contributed by atoms with E-state index in [1.807, 2.05) is 12.1 Å². The minimum atomic E-state index is -0.798. The average molecular weight is 388 g/mol. The topological polar surface area (TPSA) is 62.2 Å². The van der Waals surface area contributed by atoms with Gasteiger partial charge in [-0.05, 0) is 37.5 Å². The number of carboxylic acid groups (broad SMARTS) is 1. The lowest BCUT2D eigenvalue weighted by atomic mass is 9.91. The van der Waals surface area contributed by atoms with Gasteiger partial charge in [0.05, 0.1) is 16.4 Å². The Labute approximate surface area is 139 Å². The third-order valence-electron chi connectivity index (χ3n) is 3.42. The molecule has 3 rings (SSSR count). The molecule has 21 heavy (non-hydrogen) atoms. The number of aliphatic carboxylic acids is 1. The normalized spacial score (nSPS) is 17.3. The maximum atomic E-state index is 11.3. The zero-order valence-electron chi connectivity index (χ0n) is 10.9. The van der Waals surface area contributed by atoms with Gasteiger partial charge in [-0.2, -0.15) is 0 Å². The predicted octanol–water partition coefficient (Wildman–Crippen LogP) is 4.81. The monoisotopic (exact) mass is 386 g/mol. The van der Waals surface area contributed by atoms with Crippen molar-refractivity contribution in [2.45, 2.75) is 25.2 Å². The van der Waals surface area contributed by atoms with Crippen LogP contribution >= 0.6 is 38.9 Å². The molecule has 0 fully saturated rings. The largest absolute Gasteiger partial charge is 0.481 e. The fourth-order valence-corrected chi connectivity index (χ4v) is 4.02.